The number of carbonyl (C=O) groups is 3. The van der Waals surface area contributed by atoms with Gasteiger partial charge in [-0.15, -0.1) is 12.4 Å². The Morgan fingerprint density at radius 2 is 2.00 bits per heavy atom. The van der Waals surface area contributed by atoms with Crippen LogP contribution in [0.15, 0.2) is 23.8 Å². The van der Waals surface area contributed by atoms with Gasteiger partial charge >= 0.3 is 5.97 Å². The van der Waals surface area contributed by atoms with Crippen LogP contribution in [0, 0.1) is 28.6 Å². The highest BCUT2D eigenvalue weighted by Gasteiger charge is 2.68. The van der Waals surface area contributed by atoms with Gasteiger partial charge in [0.15, 0.2) is 12.4 Å². The van der Waals surface area contributed by atoms with Crippen LogP contribution in [0.4, 0.5) is 0 Å². The number of carbonyl (C=O) groups excluding carboxylic acids is 3. The Bertz CT molecular complexity index is 886. The molecule has 7 nitrogen and oxygen atoms in total. The Morgan fingerprint density at radius 1 is 1.27 bits per heavy atom. The van der Waals surface area contributed by atoms with Crippen LogP contribution in [-0.2, 0) is 19.1 Å². The Morgan fingerprint density at radius 3 is 2.70 bits per heavy atom. The first kappa shape index (κ1) is 26.1. The summed E-state index contributed by atoms with van der Waals surface area (Å²) in [4.78, 5) is 36.9. The molecule has 0 saturated heterocycles. The van der Waals surface area contributed by atoms with Crippen molar-refractivity contribution in [3.63, 3.8) is 0 Å². The molecule has 4 rings (SSSR count). The molecule has 0 aliphatic heterocycles. The number of nitrogens with two attached hydrogens (primary N) is 1. The van der Waals surface area contributed by atoms with Crippen LogP contribution in [-0.4, -0.2) is 52.6 Å². The van der Waals surface area contributed by atoms with Crippen LogP contribution in [0.1, 0.15) is 58.8 Å². The molecule has 4 aliphatic carbocycles. The number of hydrogen-bond donors (Lipinski definition) is 3. The number of aliphatic hydroxyl groups is 2. The van der Waals surface area contributed by atoms with E-state index >= 15 is 0 Å². The van der Waals surface area contributed by atoms with E-state index in [1.165, 1.54) is 0 Å². The number of ether oxygens (including phenoxy) is 1. The molecule has 4 aliphatic rings. The van der Waals surface area contributed by atoms with E-state index in [0.29, 0.717) is 32.2 Å². The average Bonchev–Trinajstić information content (AvgIpc) is 3.02. The lowest BCUT2D eigenvalue weighted by molar-refractivity contribution is -0.181. The van der Waals surface area contributed by atoms with E-state index in [1.54, 1.807) is 12.2 Å². The summed E-state index contributed by atoms with van der Waals surface area (Å²) in [5, 5.41) is 23.0. The molecule has 0 unspecified atom stereocenters. The van der Waals surface area contributed by atoms with Gasteiger partial charge in [0.05, 0.1) is 6.10 Å². The Labute approximate surface area is 201 Å². The molecule has 0 aromatic rings. The van der Waals surface area contributed by atoms with Crippen molar-refractivity contribution in [2.45, 2.75) is 70.5 Å². The van der Waals surface area contributed by atoms with Crippen molar-refractivity contribution in [1.82, 2.24) is 0 Å². The van der Waals surface area contributed by atoms with Crippen molar-refractivity contribution in [3.05, 3.63) is 23.8 Å². The minimum atomic E-state index is -1.63. The van der Waals surface area contributed by atoms with Crippen molar-refractivity contribution < 1.29 is 29.3 Å². The van der Waals surface area contributed by atoms with Gasteiger partial charge in [-0.1, -0.05) is 25.5 Å². The zero-order valence-electron chi connectivity index (χ0n) is 19.4. The summed E-state index contributed by atoms with van der Waals surface area (Å²) in [5.41, 5.74) is 3.67. The second kappa shape index (κ2) is 9.25. The van der Waals surface area contributed by atoms with E-state index in [0.717, 1.165) is 18.4 Å². The van der Waals surface area contributed by atoms with Gasteiger partial charge in [-0.05, 0) is 69.1 Å². The van der Waals surface area contributed by atoms with E-state index < -0.39 is 35.5 Å². The van der Waals surface area contributed by atoms with Gasteiger partial charge in [0, 0.05) is 23.2 Å². The zero-order chi connectivity index (χ0) is 23.3. The first-order valence-corrected chi connectivity index (χ1v) is 11.8. The van der Waals surface area contributed by atoms with E-state index in [-0.39, 0.29) is 47.8 Å². The Balaban J connectivity index is 0.00000306. The van der Waals surface area contributed by atoms with Crippen LogP contribution in [0.25, 0.3) is 0 Å². The summed E-state index contributed by atoms with van der Waals surface area (Å²) in [6.45, 7) is 3.91. The van der Waals surface area contributed by atoms with E-state index in [1.807, 2.05) is 13.0 Å². The monoisotopic (exact) mass is 481 g/mol. The molecule has 3 saturated carbocycles. The number of ketones is 2. The molecule has 7 atom stereocenters. The van der Waals surface area contributed by atoms with Gasteiger partial charge in [0.1, 0.15) is 5.60 Å². The fourth-order valence-electron chi connectivity index (χ4n) is 7.37. The number of aliphatic hydroxyl groups excluding tert-OH is 1. The first-order chi connectivity index (χ1) is 15.1. The molecule has 0 amide bonds. The van der Waals surface area contributed by atoms with Crippen molar-refractivity contribution in [3.8, 4) is 0 Å². The predicted octanol–water partition coefficient (Wildman–Crippen LogP) is 2.27. The Hall–Kier alpha value is -1.54. The number of allylic oxidation sites excluding steroid dienone is 4. The normalized spacial score (nSPS) is 41.2. The molecule has 33 heavy (non-hydrogen) atoms. The molecule has 8 heteroatoms. The molecule has 0 aromatic heterocycles. The fraction of sp³-hybridized carbons (Fsp3) is 0.720. The topological polar surface area (TPSA) is 127 Å². The third-order valence-corrected chi connectivity index (χ3v) is 9.06. The summed E-state index contributed by atoms with van der Waals surface area (Å²) in [6.07, 6.45) is 8.06. The minimum absolute atomic E-state index is 0. The summed E-state index contributed by atoms with van der Waals surface area (Å²) < 4.78 is 5.12. The fourth-order valence-corrected chi connectivity index (χ4v) is 7.37. The zero-order valence-corrected chi connectivity index (χ0v) is 20.2. The maximum Gasteiger partial charge on any atom is 0.306 e. The number of rotatable bonds is 6. The number of fused-ring (bicyclic) bond motifs is 5. The highest BCUT2D eigenvalue weighted by molar-refractivity contribution is 6.01. The second-order valence-electron chi connectivity index (χ2n) is 10.6. The maximum atomic E-state index is 13.1. The summed E-state index contributed by atoms with van der Waals surface area (Å²) in [6, 6.07) is 0. The van der Waals surface area contributed by atoms with Crippen molar-refractivity contribution in [1.29, 1.82) is 0 Å². The molecular weight excluding hydrogens is 446 g/mol. The van der Waals surface area contributed by atoms with Crippen LogP contribution < -0.4 is 5.73 Å². The van der Waals surface area contributed by atoms with Crippen LogP contribution >= 0.6 is 12.4 Å². The van der Waals surface area contributed by atoms with Crippen LogP contribution in [0.2, 0.25) is 0 Å². The number of esters is 1. The lowest BCUT2D eigenvalue weighted by atomic mass is 9.46. The van der Waals surface area contributed by atoms with Gasteiger partial charge in [-0.3, -0.25) is 14.4 Å². The highest BCUT2D eigenvalue weighted by atomic mass is 35.5. The summed E-state index contributed by atoms with van der Waals surface area (Å²) in [7, 11) is 0. The Kier molecular flexibility index (Phi) is 7.31. The number of halogens is 1. The van der Waals surface area contributed by atoms with Gasteiger partial charge in [0.25, 0.3) is 0 Å². The maximum absolute atomic E-state index is 13.1. The SMILES string of the molecule is C[C@]12C=CC(=O)C=C1CC[C@@H]1[C@@H]2[C@@H](O)C[C@@]2(C)[C@H]1CC[C@]2(O)C(=O)COC(=O)CCCN.Cl. The first-order valence-electron chi connectivity index (χ1n) is 11.8. The third-order valence-electron chi connectivity index (χ3n) is 9.06. The number of hydrogen-bond acceptors (Lipinski definition) is 7. The third kappa shape index (κ3) is 4.01. The molecular formula is C25H36ClNO6. The van der Waals surface area contributed by atoms with E-state index in [9.17, 15) is 24.6 Å². The smallest absolute Gasteiger partial charge is 0.306 e. The lowest BCUT2D eigenvalue weighted by Crippen LogP contribution is -2.61. The molecule has 4 N–H and O–H groups in total. The van der Waals surface area contributed by atoms with Crippen molar-refractivity contribution in [2.24, 2.45) is 34.3 Å². The van der Waals surface area contributed by atoms with Crippen LogP contribution in [0.3, 0.4) is 0 Å². The molecule has 0 aromatic carbocycles. The summed E-state index contributed by atoms with van der Waals surface area (Å²) >= 11 is 0. The predicted molar refractivity (Wildman–Crippen MR) is 124 cm³/mol. The molecule has 0 radical (unpaired) electrons. The van der Waals surface area contributed by atoms with Crippen LogP contribution in [0.5, 0.6) is 0 Å². The standard InChI is InChI=1S/C25H35NO6.ClH/c1-23-9-7-16(27)12-15(23)5-6-17-18-8-10-25(31,24(18,2)13-19(28)22(17)23)20(29)14-32-21(30)4-3-11-26;/h7,9,12,17-19,22,28,31H,3-6,8,10-11,13-14,26H2,1-2H3;1H/t17-,18-,19-,22+,23-,24-,25-;/m0./s1. The highest BCUT2D eigenvalue weighted by Crippen LogP contribution is 2.67. The van der Waals surface area contributed by atoms with Crippen molar-refractivity contribution in [2.75, 3.05) is 13.2 Å². The second-order valence-corrected chi connectivity index (χ2v) is 10.6. The molecule has 184 valence electrons. The van der Waals surface area contributed by atoms with Gasteiger partial charge in [-0.25, -0.2) is 0 Å². The van der Waals surface area contributed by atoms with E-state index in [4.69, 9.17) is 10.5 Å². The summed E-state index contributed by atoms with van der Waals surface area (Å²) in [5.74, 6) is -0.835. The van der Waals surface area contributed by atoms with Crippen molar-refractivity contribution >= 4 is 29.9 Å². The number of Topliss-reactive ketones (excluding diaryl/α,β-unsaturated/α-hetero) is 1. The quantitative estimate of drug-likeness (QED) is 0.496. The molecule has 0 bridgehead atoms. The minimum Gasteiger partial charge on any atom is -0.458 e. The van der Waals surface area contributed by atoms with Gasteiger partial charge in [-0.2, -0.15) is 0 Å². The average molecular weight is 482 g/mol. The van der Waals surface area contributed by atoms with E-state index in [2.05, 4.69) is 6.92 Å². The molecule has 0 heterocycles. The molecule has 0 spiro atoms. The lowest BCUT2D eigenvalue weighted by Gasteiger charge is -2.59. The van der Waals surface area contributed by atoms with Gasteiger partial charge in [0.2, 0.25) is 5.78 Å². The van der Waals surface area contributed by atoms with Gasteiger partial charge < -0.3 is 20.7 Å². The molecule has 3 fully saturated rings. The largest absolute Gasteiger partial charge is 0.458 e.